The number of nitrogens with one attached hydrogen (secondary N) is 2. The molecule has 2 amide bonds. The van der Waals surface area contributed by atoms with Crippen LogP contribution in [0, 0.1) is 0 Å². The number of hydrogen-bond donors (Lipinski definition) is 3. The Bertz CT molecular complexity index is 259. The highest BCUT2D eigenvalue weighted by molar-refractivity contribution is 5.92. The van der Waals surface area contributed by atoms with Gasteiger partial charge in [-0.25, -0.2) is 4.79 Å². The lowest BCUT2D eigenvalue weighted by Crippen LogP contribution is -2.51. The van der Waals surface area contributed by atoms with Gasteiger partial charge in [-0.05, 0) is 20.8 Å². The smallest absolute Gasteiger partial charge is 0.404 e. The van der Waals surface area contributed by atoms with Gasteiger partial charge >= 0.3 is 6.09 Å². The molecule has 0 spiro atoms. The van der Waals surface area contributed by atoms with Gasteiger partial charge in [0, 0.05) is 12.1 Å². The van der Waals surface area contributed by atoms with Gasteiger partial charge in [-0.15, -0.1) is 0 Å². The van der Waals surface area contributed by atoms with Crippen molar-refractivity contribution in [3.8, 4) is 0 Å². The maximum atomic E-state index is 11.2. The van der Waals surface area contributed by atoms with E-state index in [9.17, 15) is 9.59 Å². The van der Waals surface area contributed by atoms with Crippen LogP contribution < -0.4 is 10.6 Å². The summed E-state index contributed by atoms with van der Waals surface area (Å²) < 4.78 is 0. The van der Waals surface area contributed by atoms with Crippen molar-refractivity contribution < 1.29 is 14.7 Å². The van der Waals surface area contributed by atoms with Crippen LogP contribution in [0.25, 0.3) is 0 Å². The summed E-state index contributed by atoms with van der Waals surface area (Å²) in [6.07, 6.45) is -1.11. The van der Waals surface area contributed by atoms with Gasteiger partial charge in [0.15, 0.2) is 0 Å². The molecule has 0 bridgehead atoms. The summed E-state index contributed by atoms with van der Waals surface area (Å²) in [7, 11) is 0. The molecule has 14 heavy (non-hydrogen) atoms. The van der Waals surface area contributed by atoms with Crippen molar-refractivity contribution in [2.45, 2.75) is 26.3 Å². The zero-order valence-corrected chi connectivity index (χ0v) is 8.68. The summed E-state index contributed by atoms with van der Waals surface area (Å²) in [4.78, 5) is 21.4. The number of carbonyl (C=O) groups is 2. The molecule has 5 heteroatoms. The molecule has 0 aliphatic rings. The normalized spacial score (nSPS) is 10.5. The zero-order valence-electron chi connectivity index (χ0n) is 8.68. The van der Waals surface area contributed by atoms with Gasteiger partial charge in [0.2, 0.25) is 5.91 Å². The molecule has 3 N–H and O–H groups in total. The molecule has 0 atom stereocenters. The molecule has 0 aliphatic carbocycles. The van der Waals surface area contributed by atoms with Crippen molar-refractivity contribution in [1.82, 2.24) is 10.6 Å². The molecular formula is C9H16N2O3. The molecule has 0 aliphatic heterocycles. The van der Waals surface area contributed by atoms with E-state index in [0.29, 0.717) is 5.57 Å². The third-order valence-corrected chi connectivity index (χ3v) is 1.52. The Morgan fingerprint density at radius 2 is 1.93 bits per heavy atom. The van der Waals surface area contributed by atoms with E-state index in [1.165, 1.54) is 0 Å². The summed E-state index contributed by atoms with van der Waals surface area (Å²) in [5.41, 5.74) is -0.220. The topological polar surface area (TPSA) is 78.4 Å². The summed E-state index contributed by atoms with van der Waals surface area (Å²) in [6.45, 7) is 8.69. The second kappa shape index (κ2) is 4.64. The van der Waals surface area contributed by atoms with Crippen LogP contribution >= 0.6 is 0 Å². The van der Waals surface area contributed by atoms with Gasteiger partial charge in [-0.2, -0.15) is 0 Å². The van der Waals surface area contributed by atoms with Crippen molar-refractivity contribution in [2.24, 2.45) is 0 Å². The number of hydrogen-bond acceptors (Lipinski definition) is 2. The Balaban J connectivity index is 4.13. The first-order chi connectivity index (χ1) is 6.24. The molecule has 0 fully saturated rings. The van der Waals surface area contributed by atoms with E-state index in [1.54, 1.807) is 20.8 Å². The second-order valence-corrected chi connectivity index (χ2v) is 3.78. The molecule has 0 unspecified atom stereocenters. The fraction of sp³-hybridized carbons (Fsp3) is 0.556. The van der Waals surface area contributed by atoms with Crippen LogP contribution in [0.1, 0.15) is 20.8 Å². The van der Waals surface area contributed by atoms with Crippen LogP contribution in [0.5, 0.6) is 0 Å². The highest BCUT2D eigenvalue weighted by Crippen LogP contribution is 2.01. The van der Waals surface area contributed by atoms with Crippen LogP contribution in [0.3, 0.4) is 0 Å². The third-order valence-electron chi connectivity index (χ3n) is 1.52. The van der Waals surface area contributed by atoms with Gasteiger partial charge in [-0.3, -0.25) is 4.79 Å². The summed E-state index contributed by atoms with van der Waals surface area (Å²) in [6, 6.07) is 0. The van der Waals surface area contributed by atoms with Gasteiger partial charge in [0.05, 0.1) is 5.54 Å². The molecule has 0 saturated carbocycles. The first-order valence-electron chi connectivity index (χ1n) is 4.19. The van der Waals surface area contributed by atoms with E-state index in [1.807, 2.05) is 0 Å². The van der Waals surface area contributed by atoms with Crippen LogP contribution in [0.15, 0.2) is 12.2 Å². The average molecular weight is 200 g/mol. The maximum Gasteiger partial charge on any atom is 0.404 e. The van der Waals surface area contributed by atoms with Crippen LogP contribution in [0.2, 0.25) is 0 Å². The lowest BCUT2D eigenvalue weighted by atomic mass is 10.1. The van der Waals surface area contributed by atoms with Gasteiger partial charge in [0.1, 0.15) is 0 Å². The SMILES string of the molecule is C=C(C)C(=O)NC(C)(C)CNC(=O)O. The largest absolute Gasteiger partial charge is 0.465 e. The summed E-state index contributed by atoms with van der Waals surface area (Å²) >= 11 is 0. The Kier molecular flexibility index (Phi) is 4.14. The predicted molar refractivity (Wildman–Crippen MR) is 53.1 cm³/mol. The van der Waals surface area contributed by atoms with E-state index in [0.717, 1.165) is 0 Å². The lowest BCUT2D eigenvalue weighted by Gasteiger charge is -2.25. The monoisotopic (exact) mass is 200 g/mol. The van der Waals surface area contributed by atoms with Crippen molar-refractivity contribution >= 4 is 12.0 Å². The van der Waals surface area contributed by atoms with Gasteiger partial charge in [0.25, 0.3) is 0 Å². The van der Waals surface area contributed by atoms with E-state index in [4.69, 9.17) is 5.11 Å². The highest BCUT2D eigenvalue weighted by atomic mass is 16.4. The van der Waals surface area contributed by atoms with E-state index < -0.39 is 11.6 Å². The molecule has 5 nitrogen and oxygen atoms in total. The second-order valence-electron chi connectivity index (χ2n) is 3.78. The van der Waals surface area contributed by atoms with Gasteiger partial charge in [-0.1, -0.05) is 6.58 Å². The molecule has 0 aromatic heterocycles. The highest BCUT2D eigenvalue weighted by Gasteiger charge is 2.21. The van der Waals surface area contributed by atoms with Crippen molar-refractivity contribution in [3.63, 3.8) is 0 Å². The quantitative estimate of drug-likeness (QED) is 0.585. The Hall–Kier alpha value is -1.52. The molecule has 0 aromatic carbocycles. The number of rotatable bonds is 4. The minimum absolute atomic E-state index is 0.154. The van der Waals surface area contributed by atoms with Crippen molar-refractivity contribution in [2.75, 3.05) is 6.54 Å². The number of carboxylic acid groups (broad SMARTS) is 1. The fourth-order valence-corrected chi connectivity index (χ4v) is 0.755. The molecule has 0 radical (unpaired) electrons. The lowest BCUT2D eigenvalue weighted by molar-refractivity contribution is -0.118. The Labute approximate surface area is 83.2 Å². The van der Waals surface area contributed by atoms with E-state index in [2.05, 4.69) is 17.2 Å². The maximum absolute atomic E-state index is 11.2. The average Bonchev–Trinajstić information content (AvgIpc) is 2.00. The third kappa shape index (κ3) is 5.18. The standard InChI is InChI=1S/C9H16N2O3/c1-6(2)7(12)11-9(3,4)5-10-8(13)14/h10H,1,5H2,2-4H3,(H,11,12)(H,13,14). The van der Waals surface area contributed by atoms with Crippen LogP contribution in [0.4, 0.5) is 4.79 Å². The fourth-order valence-electron chi connectivity index (χ4n) is 0.755. The molecule has 0 aromatic rings. The van der Waals surface area contributed by atoms with Gasteiger partial charge < -0.3 is 15.7 Å². The van der Waals surface area contributed by atoms with E-state index in [-0.39, 0.29) is 12.5 Å². The minimum atomic E-state index is -1.11. The molecule has 0 heterocycles. The van der Waals surface area contributed by atoms with Crippen molar-refractivity contribution in [1.29, 1.82) is 0 Å². The Morgan fingerprint density at radius 1 is 1.43 bits per heavy atom. The zero-order chi connectivity index (χ0) is 11.4. The molecule has 0 rings (SSSR count). The summed E-state index contributed by atoms with van der Waals surface area (Å²) in [5.74, 6) is -0.276. The van der Waals surface area contributed by atoms with Crippen LogP contribution in [-0.4, -0.2) is 29.2 Å². The number of amides is 2. The minimum Gasteiger partial charge on any atom is -0.465 e. The van der Waals surface area contributed by atoms with Crippen molar-refractivity contribution in [3.05, 3.63) is 12.2 Å². The molecular weight excluding hydrogens is 184 g/mol. The van der Waals surface area contributed by atoms with E-state index >= 15 is 0 Å². The molecule has 0 saturated heterocycles. The predicted octanol–water partition coefficient (Wildman–Crippen LogP) is 0.725. The first kappa shape index (κ1) is 12.5. The van der Waals surface area contributed by atoms with Crippen LogP contribution in [-0.2, 0) is 4.79 Å². The Morgan fingerprint density at radius 3 is 2.29 bits per heavy atom. The summed E-state index contributed by atoms with van der Waals surface area (Å²) in [5, 5.41) is 13.2. The number of carbonyl (C=O) groups excluding carboxylic acids is 1. The first-order valence-corrected chi connectivity index (χ1v) is 4.19. The molecule has 80 valence electrons.